The summed E-state index contributed by atoms with van der Waals surface area (Å²) in [4.78, 5) is 16.1. The quantitative estimate of drug-likeness (QED) is 0.862. The zero-order valence-corrected chi connectivity index (χ0v) is 12.0. The lowest BCUT2D eigenvalue weighted by Gasteiger charge is -2.13. The molecule has 0 aliphatic carbocycles. The van der Waals surface area contributed by atoms with Crippen LogP contribution in [0.2, 0.25) is 0 Å². The standard InChI is InChI=1S/C13H19BrN2O/c1-3-5-6-10(4-2)13(17)16-12-8-7-11(14)9-15-12/h7-10H,3-6H2,1-2H3,(H,15,16,17). The summed E-state index contributed by atoms with van der Waals surface area (Å²) in [6.07, 6.45) is 5.74. The summed E-state index contributed by atoms with van der Waals surface area (Å²) in [6.45, 7) is 4.19. The number of aromatic nitrogens is 1. The van der Waals surface area contributed by atoms with E-state index < -0.39 is 0 Å². The van der Waals surface area contributed by atoms with Gasteiger partial charge in [-0.05, 0) is 40.9 Å². The van der Waals surface area contributed by atoms with Crippen molar-refractivity contribution in [3.8, 4) is 0 Å². The second-order valence-electron chi connectivity index (χ2n) is 4.10. The predicted molar refractivity (Wildman–Crippen MR) is 73.9 cm³/mol. The predicted octanol–water partition coefficient (Wildman–Crippen LogP) is 4.00. The smallest absolute Gasteiger partial charge is 0.228 e. The zero-order chi connectivity index (χ0) is 12.7. The van der Waals surface area contributed by atoms with Crippen molar-refractivity contribution in [2.75, 3.05) is 5.32 Å². The van der Waals surface area contributed by atoms with E-state index in [-0.39, 0.29) is 11.8 Å². The number of carbonyl (C=O) groups is 1. The lowest BCUT2D eigenvalue weighted by Crippen LogP contribution is -2.22. The Morgan fingerprint density at radius 3 is 2.76 bits per heavy atom. The van der Waals surface area contributed by atoms with Crippen LogP contribution < -0.4 is 5.32 Å². The first kappa shape index (κ1) is 14.2. The van der Waals surface area contributed by atoms with Crippen LogP contribution in [-0.2, 0) is 4.79 Å². The highest BCUT2D eigenvalue weighted by atomic mass is 79.9. The summed E-state index contributed by atoms with van der Waals surface area (Å²) in [5.41, 5.74) is 0. The molecule has 1 aromatic heterocycles. The molecule has 1 unspecified atom stereocenters. The number of hydrogen-bond acceptors (Lipinski definition) is 2. The Kier molecular flexibility index (Phi) is 6.19. The van der Waals surface area contributed by atoms with Crippen LogP contribution >= 0.6 is 15.9 Å². The van der Waals surface area contributed by atoms with Gasteiger partial charge in [-0.3, -0.25) is 4.79 Å². The van der Waals surface area contributed by atoms with E-state index in [0.717, 1.165) is 30.2 Å². The van der Waals surface area contributed by atoms with E-state index in [1.165, 1.54) is 0 Å². The third-order valence-electron chi connectivity index (χ3n) is 2.75. The molecule has 1 aromatic rings. The van der Waals surface area contributed by atoms with Crippen molar-refractivity contribution >= 4 is 27.7 Å². The maximum atomic E-state index is 12.0. The molecule has 94 valence electrons. The van der Waals surface area contributed by atoms with Gasteiger partial charge in [-0.25, -0.2) is 4.98 Å². The number of unbranched alkanes of at least 4 members (excludes halogenated alkanes) is 1. The molecule has 1 amide bonds. The highest BCUT2D eigenvalue weighted by Crippen LogP contribution is 2.16. The maximum absolute atomic E-state index is 12.0. The van der Waals surface area contributed by atoms with Crippen LogP contribution in [0, 0.1) is 5.92 Å². The minimum Gasteiger partial charge on any atom is -0.310 e. The number of anilines is 1. The summed E-state index contributed by atoms with van der Waals surface area (Å²) < 4.78 is 0.911. The van der Waals surface area contributed by atoms with Gasteiger partial charge in [0.25, 0.3) is 0 Å². The summed E-state index contributed by atoms with van der Waals surface area (Å²) >= 11 is 3.31. The molecule has 0 saturated carbocycles. The van der Waals surface area contributed by atoms with Crippen LogP contribution in [0.5, 0.6) is 0 Å². The molecule has 0 aliphatic heterocycles. The molecule has 0 aromatic carbocycles. The van der Waals surface area contributed by atoms with Gasteiger partial charge in [0.2, 0.25) is 5.91 Å². The van der Waals surface area contributed by atoms with Crippen molar-refractivity contribution in [3.63, 3.8) is 0 Å². The molecule has 4 heteroatoms. The second kappa shape index (κ2) is 7.43. The first-order valence-corrected chi connectivity index (χ1v) is 6.89. The van der Waals surface area contributed by atoms with Gasteiger partial charge in [0.15, 0.2) is 0 Å². The average molecular weight is 299 g/mol. The second-order valence-corrected chi connectivity index (χ2v) is 5.01. The van der Waals surface area contributed by atoms with Crippen LogP contribution in [0.25, 0.3) is 0 Å². The van der Waals surface area contributed by atoms with Gasteiger partial charge in [-0.2, -0.15) is 0 Å². The van der Waals surface area contributed by atoms with E-state index in [1.807, 2.05) is 6.07 Å². The SMILES string of the molecule is CCCCC(CC)C(=O)Nc1ccc(Br)cn1. The van der Waals surface area contributed by atoms with Crippen molar-refractivity contribution < 1.29 is 4.79 Å². The first-order valence-electron chi connectivity index (χ1n) is 6.09. The Balaban J connectivity index is 2.54. The van der Waals surface area contributed by atoms with Crippen LogP contribution in [0.1, 0.15) is 39.5 Å². The number of carbonyl (C=O) groups excluding carboxylic acids is 1. The summed E-state index contributed by atoms with van der Waals surface area (Å²) in [7, 11) is 0. The normalized spacial score (nSPS) is 12.2. The molecule has 0 radical (unpaired) electrons. The van der Waals surface area contributed by atoms with Crippen LogP contribution in [0.15, 0.2) is 22.8 Å². The van der Waals surface area contributed by atoms with Gasteiger partial charge >= 0.3 is 0 Å². The number of rotatable bonds is 6. The molecule has 0 aliphatic rings. The van der Waals surface area contributed by atoms with Crippen molar-refractivity contribution in [1.82, 2.24) is 4.98 Å². The monoisotopic (exact) mass is 298 g/mol. The fourth-order valence-corrected chi connectivity index (χ4v) is 1.88. The molecule has 1 N–H and O–H groups in total. The van der Waals surface area contributed by atoms with Gasteiger partial charge in [0.1, 0.15) is 5.82 Å². The number of halogens is 1. The maximum Gasteiger partial charge on any atom is 0.228 e. The van der Waals surface area contributed by atoms with Crippen molar-refractivity contribution in [1.29, 1.82) is 0 Å². The van der Waals surface area contributed by atoms with E-state index in [4.69, 9.17) is 0 Å². The molecule has 1 heterocycles. The Morgan fingerprint density at radius 2 is 2.24 bits per heavy atom. The fraction of sp³-hybridized carbons (Fsp3) is 0.538. The van der Waals surface area contributed by atoms with Crippen LogP contribution in [-0.4, -0.2) is 10.9 Å². The van der Waals surface area contributed by atoms with E-state index in [0.29, 0.717) is 5.82 Å². The van der Waals surface area contributed by atoms with Gasteiger partial charge in [0.05, 0.1) is 0 Å². The minimum absolute atomic E-state index is 0.0794. The number of nitrogens with zero attached hydrogens (tertiary/aromatic N) is 1. The Labute approximate surface area is 111 Å². The summed E-state index contributed by atoms with van der Waals surface area (Å²) in [6, 6.07) is 3.67. The number of hydrogen-bond donors (Lipinski definition) is 1. The molecule has 0 saturated heterocycles. The van der Waals surface area contributed by atoms with Crippen LogP contribution in [0.4, 0.5) is 5.82 Å². The highest BCUT2D eigenvalue weighted by Gasteiger charge is 2.15. The average Bonchev–Trinajstić information content (AvgIpc) is 2.33. The third-order valence-corrected chi connectivity index (χ3v) is 3.22. The van der Waals surface area contributed by atoms with Crippen molar-refractivity contribution in [2.24, 2.45) is 5.92 Å². The van der Waals surface area contributed by atoms with E-state index in [2.05, 4.69) is 40.1 Å². The van der Waals surface area contributed by atoms with Gasteiger partial charge in [0, 0.05) is 16.6 Å². The lowest BCUT2D eigenvalue weighted by molar-refractivity contribution is -0.120. The molecule has 1 rings (SSSR count). The molecule has 0 bridgehead atoms. The zero-order valence-electron chi connectivity index (χ0n) is 10.4. The van der Waals surface area contributed by atoms with Crippen LogP contribution in [0.3, 0.4) is 0 Å². The molecule has 1 atom stereocenters. The molecule has 0 fully saturated rings. The topological polar surface area (TPSA) is 42.0 Å². The summed E-state index contributed by atoms with van der Waals surface area (Å²) in [5.74, 6) is 0.796. The van der Waals surface area contributed by atoms with Gasteiger partial charge in [-0.1, -0.05) is 26.7 Å². The highest BCUT2D eigenvalue weighted by molar-refractivity contribution is 9.10. The Morgan fingerprint density at radius 1 is 1.47 bits per heavy atom. The molecular formula is C13H19BrN2O. The number of pyridine rings is 1. The van der Waals surface area contributed by atoms with E-state index >= 15 is 0 Å². The lowest BCUT2D eigenvalue weighted by atomic mass is 9.98. The molecule has 3 nitrogen and oxygen atoms in total. The molecule has 17 heavy (non-hydrogen) atoms. The van der Waals surface area contributed by atoms with Gasteiger partial charge in [-0.15, -0.1) is 0 Å². The largest absolute Gasteiger partial charge is 0.310 e. The molecule has 0 spiro atoms. The third kappa shape index (κ3) is 4.86. The van der Waals surface area contributed by atoms with Crippen molar-refractivity contribution in [3.05, 3.63) is 22.8 Å². The number of amides is 1. The van der Waals surface area contributed by atoms with E-state index in [1.54, 1.807) is 12.3 Å². The first-order chi connectivity index (χ1) is 8.17. The fourth-order valence-electron chi connectivity index (χ4n) is 1.65. The Hall–Kier alpha value is -0.900. The number of nitrogens with one attached hydrogen (secondary N) is 1. The van der Waals surface area contributed by atoms with E-state index in [9.17, 15) is 4.79 Å². The van der Waals surface area contributed by atoms with Crippen molar-refractivity contribution in [2.45, 2.75) is 39.5 Å². The minimum atomic E-state index is 0.0794. The van der Waals surface area contributed by atoms with Gasteiger partial charge < -0.3 is 5.32 Å². The Bertz CT molecular complexity index is 351. The molecular weight excluding hydrogens is 280 g/mol. The summed E-state index contributed by atoms with van der Waals surface area (Å²) in [5, 5.41) is 2.86.